The number of halogens is 1. The number of hydrogen-bond acceptors (Lipinski definition) is 5. The van der Waals surface area contributed by atoms with Gasteiger partial charge in [0.1, 0.15) is 5.01 Å². The maximum atomic E-state index is 11.0. The van der Waals surface area contributed by atoms with Crippen LogP contribution in [0.2, 0.25) is 0 Å². The highest BCUT2D eigenvalue weighted by molar-refractivity contribution is 14.0. The van der Waals surface area contributed by atoms with Crippen LogP contribution in [0.1, 0.15) is 62.6 Å². The average Bonchev–Trinajstić information content (AvgIpc) is 3.05. The lowest BCUT2D eigenvalue weighted by Crippen LogP contribution is -2.37. The predicted molar refractivity (Wildman–Crippen MR) is 115 cm³/mol. The molecular weight excluding hydrogens is 451 g/mol. The third-order valence-corrected chi connectivity index (χ3v) is 4.49. The Bertz CT molecular complexity index is 521. The number of guanidine groups is 1. The van der Waals surface area contributed by atoms with Crippen molar-refractivity contribution in [2.24, 2.45) is 4.99 Å². The molecule has 144 valence electrons. The molecule has 0 saturated heterocycles. The van der Waals surface area contributed by atoms with E-state index in [1.807, 2.05) is 0 Å². The first-order valence-corrected chi connectivity index (χ1v) is 9.40. The highest BCUT2D eigenvalue weighted by Gasteiger charge is 2.06. The average molecular weight is 482 g/mol. The molecule has 0 atom stereocenters. The minimum absolute atomic E-state index is 0. The van der Waals surface area contributed by atoms with Gasteiger partial charge in [0.15, 0.2) is 5.96 Å². The molecule has 0 radical (unpaired) electrons. The Morgan fingerprint density at radius 1 is 1.28 bits per heavy atom. The number of ether oxygens (including phenoxy) is 1. The van der Waals surface area contributed by atoms with Crippen LogP contribution in [-0.2, 0) is 16.1 Å². The molecule has 0 amide bonds. The maximum Gasteiger partial charge on any atom is 0.305 e. The van der Waals surface area contributed by atoms with Crippen LogP contribution < -0.4 is 10.6 Å². The first-order chi connectivity index (χ1) is 11.6. The molecule has 2 N–H and O–H groups in total. The van der Waals surface area contributed by atoms with Crippen LogP contribution in [0.25, 0.3) is 0 Å². The van der Waals surface area contributed by atoms with Crippen LogP contribution in [0.15, 0.2) is 10.4 Å². The largest absolute Gasteiger partial charge is 0.469 e. The molecule has 1 heterocycles. The molecule has 6 nitrogen and oxygen atoms in total. The number of carbonyl (C=O) groups is 1. The van der Waals surface area contributed by atoms with E-state index in [9.17, 15) is 4.79 Å². The van der Waals surface area contributed by atoms with Gasteiger partial charge in [0.25, 0.3) is 0 Å². The SMILES string of the molecule is CN=C(NCCCCCCC(=O)OC)NCc1nc(C(C)C)cs1.I. The lowest BCUT2D eigenvalue weighted by molar-refractivity contribution is -0.140. The lowest BCUT2D eigenvalue weighted by atomic mass is 10.1. The van der Waals surface area contributed by atoms with Crippen LogP contribution in [0.3, 0.4) is 0 Å². The molecular formula is C17H31IN4O2S. The molecule has 25 heavy (non-hydrogen) atoms. The molecule has 0 saturated carbocycles. The highest BCUT2D eigenvalue weighted by Crippen LogP contribution is 2.17. The molecule has 0 bridgehead atoms. The Balaban J connectivity index is 0.00000576. The summed E-state index contributed by atoms with van der Waals surface area (Å²) in [6.45, 7) is 5.86. The standard InChI is InChI=1S/C17H30N4O2S.HI/c1-13(2)14-12-24-15(21-14)11-20-17(18-3)19-10-8-6-5-7-9-16(22)23-4;/h12-13H,5-11H2,1-4H3,(H2,18,19,20);1H. The van der Waals surface area contributed by atoms with Gasteiger partial charge in [-0.3, -0.25) is 9.79 Å². The number of aromatic nitrogens is 1. The summed E-state index contributed by atoms with van der Waals surface area (Å²) in [6, 6.07) is 0. The molecule has 0 unspecified atom stereocenters. The van der Waals surface area contributed by atoms with Gasteiger partial charge in [0.05, 0.1) is 19.3 Å². The third-order valence-electron chi connectivity index (χ3n) is 3.62. The molecule has 0 spiro atoms. The Morgan fingerprint density at radius 2 is 2.00 bits per heavy atom. The predicted octanol–water partition coefficient (Wildman–Crippen LogP) is 3.67. The fraction of sp³-hybridized carbons (Fsp3) is 0.706. The summed E-state index contributed by atoms with van der Waals surface area (Å²) in [7, 11) is 3.20. The van der Waals surface area contributed by atoms with Crippen molar-refractivity contribution in [3.8, 4) is 0 Å². The third kappa shape index (κ3) is 10.6. The van der Waals surface area contributed by atoms with E-state index in [4.69, 9.17) is 0 Å². The van der Waals surface area contributed by atoms with Gasteiger partial charge in [0, 0.05) is 25.4 Å². The van der Waals surface area contributed by atoms with Gasteiger partial charge >= 0.3 is 5.97 Å². The van der Waals surface area contributed by atoms with Gasteiger partial charge in [-0.15, -0.1) is 35.3 Å². The summed E-state index contributed by atoms with van der Waals surface area (Å²) < 4.78 is 4.62. The molecule has 0 aliphatic rings. The van der Waals surface area contributed by atoms with Crippen molar-refractivity contribution < 1.29 is 9.53 Å². The topological polar surface area (TPSA) is 75.6 Å². The van der Waals surface area contributed by atoms with E-state index in [-0.39, 0.29) is 29.9 Å². The van der Waals surface area contributed by atoms with Crippen LogP contribution in [0.5, 0.6) is 0 Å². The fourth-order valence-corrected chi connectivity index (χ4v) is 3.00. The Morgan fingerprint density at radius 3 is 2.60 bits per heavy atom. The van der Waals surface area contributed by atoms with E-state index in [1.165, 1.54) is 7.11 Å². The second kappa shape index (κ2) is 14.3. The van der Waals surface area contributed by atoms with Crippen molar-refractivity contribution in [3.63, 3.8) is 0 Å². The number of nitrogens with one attached hydrogen (secondary N) is 2. The first kappa shape index (κ1) is 24.1. The van der Waals surface area contributed by atoms with E-state index >= 15 is 0 Å². The molecule has 1 aromatic heterocycles. The van der Waals surface area contributed by atoms with Crippen molar-refractivity contribution >= 4 is 47.2 Å². The zero-order valence-electron chi connectivity index (χ0n) is 15.6. The summed E-state index contributed by atoms with van der Waals surface area (Å²) >= 11 is 1.68. The normalized spacial score (nSPS) is 11.2. The second-order valence-corrected chi connectivity index (χ2v) is 6.86. The number of rotatable bonds is 10. The summed E-state index contributed by atoms with van der Waals surface area (Å²) in [5, 5.41) is 9.78. The Kier molecular flexibility index (Phi) is 13.8. The number of unbranched alkanes of at least 4 members (excludes halogenated alkanes) is 3. The van der Waals surface area contributed by atoms with E-state index in [2.05, 4.69) is 44.6 Å². The number of aliphatic imine (C=N–C) groups is 1. The van der Waals surface area contributed by atoms with Crippen LogP contribution in [-0.4, -0.2) is 37.6 Å². The van der Waals surface area contributed by atoms with E-state index in [1.54, 1.807) is 18.4 Å². The molecule has 0 aromatic carbocycles. The van der Waals surface area contributed by atoms with Crippen molar-refractivity contribution in [2.45, 2.75) is 58.4 Å². The zero-order valence-corrected chi connectivity index (χ0v) is 18.8. The Labute approximate surface area is 172 Å². The van der Waals surface area contributed by atoms with Crippen molar-refractivity contribution in [1.82, 2.24) is 15.6 Å². The van der Waals surface area contributed by atoms with Gasteiger partial charge in [-0.2, -0.15) is 0 Å². The van der Waals surface area contributed by atoms with E-state index in [0.717, 1.165) is 48.9 Å². The summed E-state index contributed by atoms with van der Waals surface area (Å²) in [5.74, 6) is 1.14. The van der Waals surface area contributed by atoms with Gasteiger partial charge in [-0.25, -0.2) is 4.98 Å². The van der Waals surface area contributed by atoms with Gasteiger partial charge in [0.2, 0.25) is 0 Å². The fourth-order valence-electron chi connectivity index (χ4n) is 2.11. The molecule has 1 rings (SSSR count). The smallest absolute Gasteiger partial charge is 0.305 e. The Hall–Kier alpha value is -0.900. The van der Waals surface area contributed by atoms with E-state index in [0.29, 0.717) is 18.9 Å². The molecule has 0 fully saturated rings. The summed E-state index contributed by atoms with van der Waals surface area (Å²) in [5.41, 5.74) is 1.15. The maximum absolute atomic E-state index is 11.0. The number of esters is 1. The number of hydrogen-bond donors (Lipinski definition) is 2. The lowest BCUT2D eigenvalue weighted by Gasteiger charge is -2.10. The summed E-state index contributed by atoms with van der Waals surface area (Å²) in [6.07, 6.45) is 4.59. The second-order valence-electron chi connectivity index (χ2n) is 5.91. The van der Waals surface area contributed by atoms with Crippen LogP contribution in [0.4, 0.5) is 0 Å². The van der Waals surface area contributed by atoms with Gasteiger partial charge in [-0.1, -0.05) is 26.7 Å². The monoisotopic (exact) mass is 482 g/mol. The van der Waals surface area contributed by atoms with Gasteiger partial charge in [-0.05, 0) is 18.8 Å². The highest BCUT2D eigenvalue weighted by atomic mass is 127. The quantitative estimate of drug-likeness (QED) is 0.175. The van der Waals surface area contributed by atoms with Crippen molar-refractivity contribution in [2.75, 3.05) is 20.7 Å². The van der Waals surface area contributed by atoms with Crippen LogP contribution >= 0.6 is 35.3 Å². The van der Waals surface area contributed by atoms with Gasteiger partial charge < -0.3 is 15.4 Å². The first-order valence-electron chi connectivity index (χ1n) is 8.52. The van der Waals surface area contributed by atoms with E-state index < -0.39 is 0 Å². The molecule has 8 heteroatoms. The minimum Gasteiger partial charge on any atom is -0.469 e. The molecule has 1 aromatic rings. The van der Waals surface area contributed by atoms with Crippen LogP contribution in [0, 0.1) is 0 Å². The number of carbonyl (C=O) groups excluding carboxylic acids is 1. The van der Waals surface area contributed by atoms with Crippen molar-refractivity contribution in [1.29, 1.82) is 0 Å². The molecule has 0 aliphatic carbocycles. The zero-order chi connectivity index (χ0) is 17.8. The summed E-state index contributed by atoms with van der Waals surface area (Å²) in [4.78, 5) is 19.8. The minimum atomic E-state index is -0.125. The number of nitrogens with zero attached hydrogens (tertiary/aromatic N) is 2. The molecule has 0 aliphatic heterocycles. The number of methoxy groups -OCH3 is 1. The number of thiazole rings is 1. The van der Waals surface area contributed by atoms with Crippen molar-refractivity contribution in [3.05, 3.63) is 16.1 Å².